The second-order valence-corrected chi connectivity index (χ2v) is 10.6. The summed E-state index contributed by atoms with van der Waals surface area (Å²) in [7, 11) is 1.26. The molecule has 12 heteroatoms. The molecule has 3 aliphatic heterocycles. The van der Waals surface area contributed by atoms with Crippen molar-refractivity contribution in [1.82, 2.24) is 20.1 Å². The Morgan fingerprint density at radius 3 is 2.51 bits per heavy atom. The number of rotatable bonds is 7. The van der Waals surface area contributed by atoms with Crippen molar-refractivity contribution < 1.29 is 23.8 Å². The van der Waals surface area contributed by atoms with Crippen molar-refractivity contribution in [3.63, 3.8) is 0 Å². The van der Waals surface area contributed by atoms with E-state index in [2.05, 4.69) is 10.4 Å². The summed E-state index contributed by atoms with van der Waals surface area (Å²) in [5.41, 5.74) is 1.67. The molecule has 0 spiro atoms. The van der Waals surface area contributed by atoms with Crippen molar-refractivity contribution in [1.29, 1.82) is 0 Å². The molecular formula is C25H26BN5O5S. The van der Waals surface area contributed by atoms with E-state index in [4.69, 9.17) is 4.65 Å². The first-order chi connectivity index (χ1) is 17.8. The Balaban J connectivity index is 1.32. The lowest BCUT2D eigenvalue weighted by Gasteiger charge is -2.41. The number of hydrogen-bond donors (Lipinski definition) is 1. The minimum atomic E-state index is -1.43. The smallest absolute Gasteiger partial charge is 0.342 e. The van der Waals surface area contributed by atoms with Gasteiger partial charge in [0.05, 0.1) is 25.2 Å². The zero-order chi connectivity index (χ0) is 26.2. The number of nitrogens with zero attached hydrogens (tertiary/aromatic N) is 4. The van der Waals surface area contributed by atoms with Gasteiger partial charge in [-0.3, -0.25) is 19.3 Å². The largest absolute Gasteiger partial charge is 0.541 e. The molecule has 1 N–H and O–H groups in total. The topological polar surface area (TPSA) is 112 Å². The Morgan fingerprint density at radius 2 is 1.84 bits per heavy atom. The maximum atomic E-state index is 13.5. The van der Waals surface area contributed by atoms with Crippen LogP contribution in [0.5, 0.6) is 0 Å². The molecule has 190 valence electrons. The standard InChI is InChI=1S/C25H26BN5O5S/c1-16-14-30(24(35)31(16)27-13-18-10-6-3-7-11-18)25(23(34)36-26)15-29-21(33)20(22(29)37-25)28-19(32)12-17-8-4-2-5-9-17/h2-11,13,16,20,22H,12,14-15,26H2,1H3,(H,28,32)/b27-13+/t16-,20+,22+,25+/m0/s1. The number of hydrogen-bond acceptors (Lipinski definition) is 7. The van der Waals surface area contributed by atoms with Crippen LogP contribution >= 0.6 is 11.8 Å². The molecule has 3 aliphatic rings. The van der Waals surface area contributed by atoms with Gasteiger partial charge in [0.1, 0.15) is 11.4 Å². The molecule has 0 bridgehead atoms. The van der Waals surface area contributed by atoms with Crippen LogP contribution in [0.3, 0.4) is 0 Å². The number of fused-ring (bicyclic) bond motifs is 1. The van der Waals surface area contributed by atoms with Crippen LogP contribution in [0, 0.1) is 0 Å². The number of β-lactam (4-membered cyclic amide) rings is 1. The molecule has 2 aromatic rings. The lowest BCUT2D eigenvalue weighted by Crippen LogP contribution is -2.67. The minimum absolute atomic E-state index is 0.0202. The summed E-state index contributed by atoms with van der Waals surface area (Å²) >= 11 is 1.16. The third kappa shape index (κ3) is 4.46. The first-order valence-electron chi connectivity index (χ1n) is 11.9. The molecule has 5 rings (SSSR count). The summed E-state index contributed by atoms with van der Waals surface area (Å²) in [4.78, 5) is 53.7. The number of benzene rings is 2. The Kier molecular flexibility index (Phi) is 6.68. The van der Waals surface area contributed by atoms with Crippen molar-refractivity contribution in [2.75, 3.05) is 13.1 Å². The van der Waals surface area contributed by atoms with Crippen LogP contribution in [0.25, 0.3) is 0 Å². The molecule has 4 atom stereocenters. The van der Waals surface area contributed by atoms with Crippen LogP contribution in [-0.2, 0) is 25.5 Å². The van der Waals surface area contributed by atoms with Gasteiger partial charge in [-0.05, 0) is 18.1 Å². The summed E-state index contributed by atoms with van der Waals surface area (Å²) < 4.78 is 5.12. The van der Waals surface area contributed by atoms with Gasteiger partial charge in [-0.2, -0.15) is 5.10 Å². The molecule has 4 amide bonds. The second-order valence-electron chi connectivity index (χ2n) is 9.20. The number of thioether (sulfide) groups is 1. The summed E-state index contributed by atoms with van der Waals surface area (Å²) in [5.74, 6) is -1.19. The van der Waals surface area contributed by atoms with E-state index < -0.39 is 28.3 Å². The number of hydrazone groups is 1. The van der Waals surface area contributed by atoms with E-state index in [-0.39, 0.29) is 37.4 Å². The van der Waals surface area contributed by atoms with E-state index >= 15 is 0 Å². The normalized spacial score (nSPS) is 26.8. The number of amides is 4. The van der Waals surface area contributed by atoms with E-state index in [1.807, 2.05) is 67.6 Å². The van der Waals surface area contributed by atoms with Crippen molar-refractivity contribution in [3.05, 3.63) is 71.8 Å². The highest BCUT2D eigenvalue weighted by atomic mass is 32.2. The van der Waals surface area contributed by atoms with Gasteiger partial charge in [0.25, 0.3) is 0 Å². The van der Waals surface area contributed by atoms with Gasteiger partial charge in [-0.25, -0.2) is 9.80 Å². The fourth-order valence-corrected chi connectivity index (χ4v) is 6.53. The number of nitrogens with one attached hydrogen (secondary N) is 1. The highest BCUT2D eigenvalue weighted by molar-refractivity contribution is 8.02. The Hall–Kier alpha value is -3.80. The maximum absolute atomic E-state index is 13.5. The summed E-state index contributed by atoms with van der Waals surface area (Å²) in [6.45, 7) is 2.05. The SMILES string of the molecule is BOC(=O)[C@@]1(N2C[C@H](C)N(/N=C/c3ccccc3)C2=O)CN2C(=O)[C@@H](NC(=O)Cc3ccccc3)[C@H]2S1. The van der Waals surface area contributed by atoms with Crippen LogP contribution in [0.15, 0.2) is 65.8 Å². The zero-order valence-electron chi connectivity index (χ0n) is 20.4. The first-order valence-corrected chi connectivity index (χ1v) is 12.8. The zero-order valence-corrected chi connectivity index (χ0v) is 21.3. The maximum Gasteiger partial charge on any atom is 0.342 e. The summed E-state index contributed by atoms with van der Waals surface area (Å²) in [6.07, 6.45) is 1.74. The van der Waals surface area contributed by atoms with E-state index in [1.54, 1.807) is 6.21 Å². The molecule has 37 heavy (non-hydrogen) atoms. The molecule has 0 aromatic heterocycles. The Bertz CT molecular complexity index is 1250. The average molecular weight is 519 g/mol. The molecule has 10 nitrogen and oxygen atoms in total. The van der Waals surface area contributed by atoms with Gasteiger partial charge in [0.15, 0.2) is 0 Å². The molecular weight excluding hydrogens is 493 g/mol. The summed E-state index contributed by atoms with van der Waals surface area (Å²) in [5, 5.41) is 8.02. The highest BCUT2D eigenvalue weighted by Crippen LogP contribution is 2.50. The number of urea groups is 1. The Labute approximate surface area is 219 Å². The molecule has 0 unspecified atom stereocenters. The minimum Gasteiger partial charge on any atom is -0.541 e. The highest BCUT2D eigenvalue weighted by Gasteiger charge is 2.67. The van der Waals surface area contributed by atoms with E-state index in [0.29, 0.717) is 0 Å². The predicted molar refractivity (Wildman–Crippen MR) is 140 cm³/mol. The van der Waals surface area contributed by atoms with E-state index in [9.17, 15) is 19.2 Å². The van der Waals surface area contributed by atoms with Gasteiger partial charge < -0.3 is 14.9 Å². The molecule has 3 saturated heterocycles. The van der Waals surface area contributed by atoms with Crippen molar-refractivity contribution in [2.45, 2.75) is 35.7 Å². The Morgan fingerprint density at radius 1 is 1.16 bits per heavy atom. The molecule has 0 radical (unpaired) electrons. The van der Waals surface area contributed by atoms with E-state index in [0.717, 1.165) is 22.9 Å². The van der Waals surface area contributed by atoms with E-state index in [1.165, 1.54) is 22.9 Å². The molecule has 3 heterocycles. The van der Waals surface area contributed by atoms with Gasteiger partial charge in [-0.15, -0.1) is 0 Å². The molecule has 2 aromatic carbocycles. The number of carbonyl (C=O) groups is 4. The van der Waals surface area contributed by atoms with Crippen LogP contribution in [-0.4, -0.2) is 88.3 Å². The van der Waals surface area contributed by atoms with Crippen LogP contribution in [0.4, 0.5) is 4.79 Å². The molecule has 3 fully saturated rings. The van der Waals surface area contributed by atoms with Gasteiger partial charge >= 0.3 is 20.0 Å². The number of carbonyl (C=O) groups excluding carboxylic acids is 4. The fraction of sp³-hybridized carbons (Fsp3) is 0.320. The van der Waals surface area contributed by atoms with Crippen molar-refractivity contribution in [2.24, 2.45) is 5.10 Å². The fourth-order valence-electron chi connectivity index (χ4n) is 4.83. The monoisotopic (exact) mass is 519 g/mol. The van der Waals surface area contributed by atoms with Crippen molar-refractivity contribution in [3.8, 4) is 0 Å². The van der Waals surface area contributed by atoms with Crippen LogP contribution in [0.1, 0.15) is 18.1 Å². The van der Waals surface area contributed by atoms with Crippen molar-refractivity contribution >= 4 is 49.8 Å². The summed E-state index contributed by atoms with van der Waals surface area (Å²) in [6, 6.07) is 17.1. The third-order valence-corrected chi connectivity index (χ3v) is 8.40. The quantitative estimate of drug-likeness (QED) is 0.326. The van der Waals surface area contributed by atoms with Gasteiger partial charge in [0, 0.05) is 6.54 Å². The van der Waals surface area contributed by atoms with Gasteiger partial charge in [0.2, 0.25) is 16.7 Å². The van der Waals surface area contributed by atoms with Gasteiger partial charge in [-0.1, -0.05) is 72.4 Å². The van der Waals surface area contributed by atoms with Crippen LogP contribution in [0.2, 0.25) is 0 Å². The first kappa shape index (κ1) is 24.9. The third-order valence-electron chi connectivity index (χ3n) is 6.73. The lowest BCUT2D eigenvalue weighted by molar-refractivity contribution is -0.150. The molecule has 0 saturated carbocycles. The van der Waals surface area contributed by atoms with Crippen LogP contribution < -0.4 is 5.32 Å². The second kappa shape index (κ2) is 9.93. The average Bonchev–Trinajstić information content (AvgIpc) is 3.42. The predicted octanol–water partition coefficient (Wildman–Crippen LogP) is 0.577. The lowest BCUT2D eigenvalue weighted by atomic mass is 10.0. The molecule has 0 aliphatic carbocycles.